The Bertz CT molecular complexity index is 1530. The number of nitrogens with zero attached hydrogens (tertiary/aromatic N) is 2. The van der Waals surface area contributed by atoms with Gasteiger partial charge in [0, 0.05) is 30.5 Å². The van der Waals surface area contributed by atoms with E-state index in [0.29, 0.717) is 30.9 Å². The Labute approximate surface area is 344 Å². The molecule has 0 aromatic carbocycles. The standard InChI is InChI=1S/C41H77N3O9SSi2/c1-30-27-44(34-26-32(53-56(14,15)41(8,9)10)33(51-34)28-50-55(12,13)40(5,6)7)38(48)43(35(30)45)24-22-20-18-16-17-19-21-23-25-54-29-31(36(46)49-11)42-37(47)52-39(2,3)4/h27,31-34H,16-26,28-29H2,1-15H3,(H,42,47)/t31-,32-,33+,34+/m0/s1. The first-order valence-corrected chi connectivity index (χ1v) is 27.6. The van der Waals surface area contributed by atoms with E-state index < -0.39 is 46.6 Å². The Balaban J connectivity index is 1.89. The first kappa shape index (κ1) is 50.2. The number of aromatic nitrogens is 2. The van der Waals surface area contributed by atoms with Crippen molar-refractivity contribution in [1.29, 1.82) is 0 Å². The van der Waals surface area contributed by atoms with Crippen LogP contribution in [0.25, 0.3) is 0 Å². The Morgan fingerprint density at radius 1 is 0.893 bits per heavy atom. The Kier molecular flexibility index (Phi) is 19.2. The molecule has 1 saturated heterocycles. The van der Waals surface area contributed by atoms with E-state index in [0.717, 1.165) is 57.1 Å². The molecule has 0 unspecified atom stereocenters. The van der Waals surface area contributed by atoms with E-state index in [9.17, 15) is 19.2 Å². The van der Waals surface area contributed by atoms with Crippen LogP contribution < -0.4 is 16.6 Å². The highest BCUT2D eigenvalue weighted by atomic mass is 32.2. The lowest BCUT2D eigenvalue weighted by molar-refractivity contribution is -0.142. The lowest BCUT2D eigenvalue weighted by atomic mass is 10.1. The maximum absolute atomic E-state index is 13.9. The zero-order valence-corrected chi connectivity index (χ0v) is 40.4. The van der Waals surface area contributed by atoms with Crippen LogP contribution in [-0.4, -0.2) is 86.9 Å². The minimum absolute atomic E-state index is 0.0125. The third-order valence-corrected chi connectivity index (χ3v) is 21.6. The molecule has 0 aliphatic carbocycles. The average Bonchev–Trinajstić information content (AvgIpc) is 3.45. The molecule has 1 amide bonds. The summed E-state index contributed by atoms with van der Waals surface area (Å²) in [6.07, 6.45) is 8.61. The number of carbonyl (C=O) groups is 2. The van der Waals surface area contributed by atoms with E-state index in [2.05, 4.69) is 73.0 Å². The van der Waals surface area contributed by atoms with Gasteiger partial charge in [-0.2, -0.15) is 11.8 Å². The van der Waals surface area contributed by atoms with Gasteiger partial charge >= 0.3 is 17.8 Å². The lowest BCUT2D eigenvalue weighted by Crippen LogP contribution is -2.48. The molecule has 1 aliphatic rings. The van der Waals surface area contributed by atoms with E-state index in [4.69, 9.17) is 23.1 Å². The lowest BCUT2D eigenvalue weighted by Gasteiger charge is -2.40. The molecule has 4 atom stereocenters. The number of ether oxygens (including phenoxy) is 3. The van der Waals surface area contributed by atoms with Crippen molar-refractivity contribution in [3.8, 4) is 0 Å². The van der Waals surface area contributed by atoms with Crippen molar-refractivity contribution in [2.75, 3.05) is 25.2 Å². The van der Waals surface area contributed by atoms with Crippen LogP contribution in [0.4, 0.5) is 4.79 Å². The summed E-state index contributed by atoms with van der Waals surface area (Å²) >= 11 is 1.61. The second-order valence-corrected chi connectivity index (χ2v) is 30.2. The fourth-order valence-corrected chi connectivity index (χ4v) is 9.27. The van der Waals surface area contributed by atoms with Crippen LogP contribution in [0.2, 0.25) is 36.3 Å². The molecule has 1 aliphatic heterocycles. The number of carbonyl (C=O) groups excluding carboxylic acids is 2. The molecule has 1 aromatic rings. The summed E-state index contributed by atoms with van der Waals surface area (Å²) in [7, 11) is -2.90. The number of amides is 1. The van der Waals surface area contributed by atoms with Crippen LogP contribution in [0.5, 0.6) is 0 Å². The van der Waals surface area contributed by atoms with Crippen LogP contribution in [-0.2, 0) is 34.4 Å². The van der Waals surface area contributed by atoms with Crippen molar-refractivity contribution in [3.05, 3.63) is 32.6 Å². The van der Waals surface area contributed by atoms with Gasteiger partial charge in [0.25, 0.3) is 5.56 Å². The number of aryl methyl sites for hydroxylation is 1. The average molecular weight is 844 g/mol. The third kappa shape index (κ3) is 15.7. The summed E-state index contributed by atoms with van der Waals surface area (Å²) in [5.74, 6) is 0.822. The van der Waals surface area contributed by atoms with E-state index in [1.54, 1.807) is 50.2 Å². The molecule has 1 aromatic heterocycles. The predicted molar refractivity (Wildman–Crippen MR) is 233 cm³/mol. The third-order valence-electron chi connectivity index (χ3n) is 11.4. The number of nitrogens with one attached hydrogen (secondary N) is 1. The van der Waals surface area contributed by atoms with Crippen molar-refractivity contribution in [1.82, 2.24) is 14.5 Å². The molecular formula is C41H77N3O9SSi2. The van der Waals surface area contributed by atoms with Crippen LogP contribution in [0.1, 0.15) is 132 Å². The van der Waals surface area contributed by atoms with Crippen molar-refractivity contribution in [2.24, 2.45) is 0 Å². The van der Waals surface area contributed by atoms with Gasteiger partial charge in [0.05, 0.1) is 19.8 Å². The summed E-state index contributed by atoms with van der Waals surface area (Å²) in [6.45, 7) is 30.2. The molecule has 2 rings (SSSR count). The van der Waals surface area contributed by atoms with Gasteiger partial charge in [0.15, 0.2) is 16.6 Å². The summed E-state index contributed by atoms with van der Waals surface area (Å²) in [5.41, 5.74) is -0.703. The van der Waals surface area contributed by atoms with Gasteiger partial charge in [-0.25, -0.2) is 14.4 Å². The highest BCUT2D eigenvalue weighted by Gasteiger charge is 2.47. The monoisotopic (exact) mass is 843 g/mol. The number of hydrogen-bond acceptors (Lipinski definition) is 10. The van der Waals surface area contributed by atoms with Gasteiger partial charge in [0.1, 0.15) is 24.0 Å². The zero-order valence-electron chi connectivity index (χ0n) is 37.6. The number of alkyl carbamates (subject to hydrolysis) is 1. The molecular weight excluding hydrogens is 767 g/mol. The van der Waals surface area contributed by atoms with Gasteiger partial charge in [-0.1, -0.05) is 80.1 Å². The highest BCUT2D eigenvalue weighted by molar-refractivity contribution is 7.99. The Morgan fingerprint density at radius 2 is 1.45 bits per heavy atom. The Morgan fingerprint density at radius 3 is 1.98 bits per heavy atom. The van der Waals surface area contributed by atoms with Crippen molar-refractivity contribution >= 4 is 40.5 Å². The largest absolute Gasteiger partial charge is 0.467 e. The molecule has 12 nitrogen and oxygen atoms in total. The Hall–Kier alpha value is -1.92. The molecule has 324 valence electrons. The normalized spacial score (nSPS) is 18.9. The molecule has 0 spiro atoms. The van der Waals surface area contributed by atoms with Gasteiger partial charge < -0.3 is 28.4 Å². The number of methoxy groups -OCH3 is 1. The van der Waals surface area contributed by atoms with E-state index in [1.165, 1.54) is 11.7 Å². The number of rotatable bonds is 21. The van der Waals surface area contributed by atoms with Gasteiger partial charge in [0.2, 0.25) is 0 Å². The maximum atomic E-state index is 13.9. The topological polar surface area (TPSA) is 136 Å². The van der Waals surface area contributed by atoms with Crippen LogP contribution in [0.3, 0.4) is 0 Å². The van der Waals surface area contributed by atoms with Crippen molar-refractivity contribution in [3.63, 3.8) is 0 Å². The summed E-state index contributed by atoms with van der Waals surface area (Å²) in [4.78, 5) is 51.3. The first-order chi connectivity index (χ1) is 25.7. The van der Waals surface area contributed by atoms with Gasteiger partial charge in [-0.15, -0.1) is 0 Å². The molecule has 0 radical (unpaired) electrons. The first-order valence-electron chi connectivity index (χ1n) is 20.7. The fraction of sp³-hybridized carbons (Fsp3) is 0.854. The minimum Gasteiger partial charge on any atom is -0.467 e. The van der Waals surface area contributed by atoms with Gasteiger partial charge in [-0.05, 0) is 82.6 Å². The van der Waals surface area contributed by atoms with E-state index >= 15 is 0 Å². The fourth-order valence-electron chi connectivity index (χ4n) is 5.87. The number of thioether (sulfide) groups is 1. The van der Waals surface area contributed by atoms with Crippen molar-refractivity contribution < 1.29 is 32.7 Å². The van der Waals surface area contributed by atoms with Crippen molar-refractivity contribution in [2.45, 2.75) is 200 Å². The quantitative estimate of drug-likeness (QED) is 0.0726. The molecule has 56 heavy (non-hydrogen) atoms. The highest BCUT2D eigenvalue weighted by Crippen LogP contribution is 2.42. The molecule has 15 heteroatoms. The number of esters is 1. The summed E-state index contributed by atoms with van der Waals surface area (Å²) in [6, 6.07) is -0.751. The maximum Gasteiger partial charge on any atom is 0.408 e. The van der Waals surface area contributed by atoms with Crippen LogP contribution in [0, 0.1) is 6.92 Å². The second-order valence-electron chi connectivity index (χ2n) is 19.4. The van der Waals surface area contributed by atoms with E-state index in [1.807, 2.05) is 0 Å². The smallest absolute Gasteiger partial charge is 0.408 e. The molecule has 0 saturated carbocycles. The SMILES string of the molecule is COC(=O)[C@H](CSCCCCCCCCCCn1c(=O)c(C)cn([C@H]2C[C@H](O[Si](C)(C)C(C)(C)C)[C@@H](CO[Si](C)(C)C(C)(C)C)O2)c1=O)NC(=O)OC(C)(C)C. The molecule has 1 N–H and O–H groups in total. The minimum atomic E-state index is -2.16. The number of hydrogen-bond donors (Lipinski definition) is 1. The zero-order chi connectivity index (χ0) is 42.7. The predicted octanol–water partition coefficient (Wildman–Crippen LogP) is 8.94. The summed E-state index contributed by atoms with van der Waals surface area (Å²) in [5, 5.41) is 2.68. The molecule has 0 bridgehead atoms. The van der Waals surface area contributed by atoms with Crippen LogP contribution in [0.15, 0.2) is 15.8 Å². The molecule has 1 fully saturated rings. The van der Waals surface area contributed by atoms with Gasteiger partial charge in [-0.3, -0.25) is 13.9 Å². The van der Waals surface area contributed by atoms with E-state index in [-0.39, 0.29) is 33.5 Å². The van der Waals surface area contributed by atoms with Crippen LogP contribution >= 0.6 is 11.8 Å². The summed E-state index contributed by atoms with van der Waals surface area (Å²) < 4.78 is 33.3. The molecule has 2 heterocycles. The second kappa shape index (κ2) is 21.4. The number of unbranched alkanes of at least 4 members (excludes halogenated alkanes) is 7.